The number of carbonyl (C=O) groups is 1. The lowest BCUT2D eigenvalue weighted by Crippen LogP contribution is -2.36. The van der Waals surface area contributed by atoms with Gasteiger partial charge in [-0.2, -0.15) is 0 Å². The summed E-state index contributed by atoms with van der Waals surface area (Å²) in [7, 11) is 0. The minimum absolute atomic E-state index is 0.0522. The maximum Gasteiger partial charge on any atom is 0.253 e. The lowest BCUT2D eigenvalue weighted by atomic mass is 10.1. The molecule has 3 nitrogen and oxygen atoms in total. The van der Waals surface area contributed by atoms with E-state index in [2.05, 4.69) is 12.1 Å². The maximum atomic E-state index is 12.5. The molecule has 0 saturated heterocycles. The van der Waals surface area contributed by atoms with Crippen molar-refractivity contribution in [3.05, 3.63) is 71.3 Å². The van der Waals surface area contributed by atoms with Crippen LogP contribution >= 0.6 is 0 Å². The monoisotopic (exact) mass is 282 g/mol. The van der Waals surface area contributed by atoms with Crippen molar-refractivity contribution >= 4 is 5.91 Å². The van der Waals surface area contributed by atoms with E-state index in [1.165, 1.54) is 5.56 Å². The van der Waals surface area contributed by atoms with Gasteiger partial charge in [0.1, 0.15) is 0 Å². The largest absolute Gasteiger partial charge is 0.337 e. The third-order valence-corrected chi connectivity index (χ3v) is 3.50. The first-order valence-electron chi connectivity index (χ1n) is 7.30. The van der Waals surface area contributed by atoms with Gasteiger partial charge in [-0.1, -0.05) is 48.0 Å². The first-order chi connectivity index (χ1) is 10.2. The van der Waals surface area contributed by atoms with Crippen LogP contribution in [0, 0.1) is 6.92 Å². The number of nitrogens with two attached hydrogens (primary N) is 1. The summed E-state index contributed by atoms with van der Waals surface area (Å²) >= 11 is 0. The number of benzene rings is 2. The second-order valence-corrected chi connectivity index (χ2v) is 5.18. The molecule has 0 radical (unpaired) electrons. The van der Waals surface area contributed by atoms with E-state index in [1.54, 1.807) is 0 Å². The highest BCUT2D eigenvalue weighted by molar-refractivity contribution is 5.94. The summed E-state index contributed by atoms with van der Waals surface area (Å²) in [5, 5.41) is 0. The van der Waals surface area contributed by atoms with E-state index in [-0.39, 0.29) is 5.91 Å². The Morgan fingerprint density at radius 2 is 1.67 bits per heavy atom. The van der Waals surface area contributed by atoms with Crippen LogP contribution in [0.4, 0.5) is 0 Å². The first-order valence-corrected chi connectivity index (χ1v) is 7.30. The van der Waals surface area contributed by atoms with E-state index in [0.29, 0.717) is 19.6 Å². The van der Waals surface area contributed by atoms with Gasteiger partial charge in [-0.15, -0.1) is 0 Å². The van der Waals surface area contributed by atoms with Gasteiger partial charge in [0.05, 0.1) is 0 Å². The highest BCUT2D eigenvalue weighted by Crippen LogP contribution is 2.09. The summed E-state index contributed by atoms with van der Waals surface area (Å²) in [5.41, 5.74) is 8.76. The van der Waals surface area contributed by atoms with Crippen molar-refractivity contribution in [3.8, 4) is 0 Å². The van der Waals surface area contributed by atoms with Gasteiger partial charge in [0, 0.05) is 25.2 Å². The molecule has 2 rings (SSSR count). The molecule has 21 heavy (non-hydrogen) atoms. The lowest BCUT2D eigenvalue weighted by Gasteiger charge is -2.22. The summed E-state index contributed by atoms with van der Waals surface area (Å²) in [6.45, 7) is 3.77. The molecule has 2 aromatic rings. The Kier molecular flexibility index (Phi) is 5.52. The second kappa shape index (κ2) is 7.60. The van der Waals surface area contributed by atoms with Crippen LogP contribution in [0.1, 0.15) is 21.5 Å². The number of amides is 1. The first kappa shape index (κ1) is 15.3. The SMILES string of the molecule is Cc1ccc(C(=O)N(CCN)CCc2ccccc2)cc1. The van der Waals surface area contributed by atoms with Gasteiger partial charge in [0.2, 0.25) is 0 Å². The Bertz CT molecular complexity index is 564. The molecule has 2 N–H and O–H groups in total. The van der Waals surface area contributed by atoms with Crippen molar-refractivity contribution in [3.63, 3.8) is 0 Å². The molecule has 0 fully saturated rings. The predicted molar refractivity (Wildman–Crippen MR) is 86.3 cm³/mol. The zero-order valence-electron chi connectivity index (χ0n) is 12.5. The summed E-state index contributed by atoms with van der Waals surface area (Å²) < 4.78 is 0. The van der Waals surface area contributed by atoms with Gasteiger partial charge in [0.25, 0.3) is 5.91 Å². The van der Waals surface area contributed by atoms with E-state index in [1.807, 2.05) is 54.3 Å². The van der Waals surface area contributed by atoms with Crippen molar-refractivity contribution in [1.29, 1.82) is 0 Å². The fourth-order valence-corrected chi connectivity index (χ4v) is 2.26. The molecule has 0 heterocycles. The Balaban J connectivity index is 2.03. The molecule has 0 aliphatic heterocycles. The van der Waals surface area contributed by atoms with E-state index < -0.39 is 0 Å². The molecule has 110 valence electrons. The molecule has 1 amide bonds. The molecular weight excluding hydrogens is 260 g/mol. The quantitative estimate of drug-likeness (QED) is 0.885. The number of nitrogens with zero attached hydrogens (tertiary/aromatic N) is 1. The zero-order chi connectivity index (χ0) is 15.1. The van der Waals surface area contributed by atoms with E-state index >= 15 is 0 Å². The number of carbonyl (C=O) groups excluding carboxylic acids is 1. The molecule has 0 aliphatic rings. The fourth-order valence-electron chi connectivity index (χ4n) is 2.26. The fraction of sp³-hybridized carbons (Fsp3) is 0.278. The minimum atomic E-state index is 0.0522. The van der Waals surface area contributed by atoms with Crippen molar-refractivity contribution in [2.24, 2.45) is 5.73 Å². The number of aryl methyl sites for hydroxylation is 1. The molecule has 0 saturated carbocycles. The Hall–Kier alpha value is -2.13. The topological polar surface area (TPSA) is 46.3 Å². The van der Waals surface area contributed by atoms with Gasteiger partial charge in [-0.3, -0.25) is 4.79 Å². The van der Waals surface area contributed by atoms with Crippen LogP contribution in [-0.4, -0.2) is 30.4 Å². The van der Waals surface area contributed by atoms with Crippen LogP contribution in [-0.2, 0) is 6.42 Å². The second-order valence-electron chi connectivity index (χ2n) is 5.18. The van der Waals surface area contributed by atoms with Gasteiger partial charge in [0.15, 0.2) is 0 Å². The molecule has 0 aromatic heterocycles. The van der Waals surface area contributed by atoms with Crippen molar-refractivity contribution in [1.82, 2.24) is 4.90 Å². The normalized spacial score (nSPS) is 10.4. The average Bonchev–Trinajstić information content (AvgIpc) is 2.52. The molecule has 0 atom stereocenters. The average molecular weight is 282 g/mol. The van der Waals surface area contributed by atoms with Gasteiger partial charge >= 0.3 is 0 Å². The van der Waals surface area contributed by atoms with Crippen LogP contribution < -0.4 is 5.73 Å². The van der Waals surface area contributed by atoms with Crippen LogP contribution in [0.3, 0.4) is 0 Å². The Labute approximate surface area is 126 Å². The van der Waals surface area contributed by atoms with Crippen LogP contribution in [0.25, 0.3) is 0 Å². The van der Waals surface area contributed by atoms with Crippen LogP contribution in [0.2, 0.25) is 0 Å². The molecule has 0 unspecified atom stereocenters. The third-order valence-electron chi connectivity index (χ3n) is 3.50. The Morgan fingerprint density at radius 1 is 1.00 bits per heavy atom. The molecule has 2 aromatic carbocycles. The Morgan fingerprint density at radius 3 is 2.29 bits per heavy atom. The third kappa shape index (κ3) is 4.43. The number of hydrogen-bond donors (Lipinski definition) is 1. The summed E-state index contributed by atoms with van der Waals surface area (Å²) in [4.78, 5) is 14.4. The molecular formula is C18H22N2O. The van der Waals surface area contributed by atoms with Crippen LogP contribution in [0.15, 0.2) is 54.6 Å². The van der Waals surface area contributed by atoms with Crippen LogP contribution in [0.5, 0.6) is 0 Å². The van der Waals surface area contributed by atoms with Gasteiger partial charge in [-0.25, -0.2) is 0 Å². The highest BCUT2D eigenvalue weighted by atomic mass is 16.2. The number of rotatable bonds is 6. The van der Waals surface area contributed by atoms with Crippen molar-refractivity contribution in [2.45, 2.75) is 13.3 Å². The van der Waals surface area contributed by atoms with E-state index in [0.717, 1.165) is 17.5 Å². The van der Waals surface area contributed by atoms with Gasteiger partial charge in [-0.05, 0) is 31.0 Å². The molecule has 0 bridgehead atoms. The smallest absolute Gasteiger partial charge is 0.253 e. The molecule has 0 spiro atoms. The van der Waals surface area contributed by atoms with E-state index in [4.69, 9.17) is 5.73 Å². The molecule has 3 heteroatoms. The highest BCUT2D eigenvalue weighted by Gasteiger charge is 2.14. The zero-order valence-corrected chi connectivity index (χ0v) is 12.5. The van der Waals surface area contributed by atoms with Gasteiger partial charge < -0.3 is 10.6 Å². The van der Waals surface area contributed by atoms with Crippen molar-refractivity contribution in [2.75, 3.05) is 19.6 Å². The molecule has 0 aliphatic carbocycles. The standard InChI is InChI=1S/C18H22N2O/c1-15-7-9-17(10-8-15)18(21)20(14-12-19)13-11-16-5-3-2-4-6-16/h2-10H,11-14,19H2,1H3. The maximum absolute atomic E-state index is 12.5. The summed E-state index contributed by atoms with van der Waals surface area (Å²) in [5.74, 6) is 0.0522. The lowest BCUT2D eigenvalue weighted by molar-refractivity contribution is 0.0762. The predicted octanol–water partition coefficient (Wildman–Crippen LogP) is 2.64. The summed E-state index contributed by atoms with van der Waals surface area (Å²) in [6, 6.07) is 17.9. The number of hydrogen-bond acceptors (Lipinski definition) is 2. The van der Waals surface area contributed by atoms with Crippen molar-refractivity contribution < 1.29 is 4.79 Å². The summed E-state index contributed by atoms with van der Waals surface area (Å²) in [6.07, 6.45) is 0.846. The minimum Gasteiger partial charge on any atom is -0.337 e. The van der Waals surface area contributed by atoms with E-state index in [9.17, 15) is 4.79 Å².